The van der Waals surface area contributed by atoms with E-state index in [-0.39, 0.29) is 17.5 Å². The number of pyridine rings is 1. The van der Waals surface area contributed by atoms with Crippen LogP contribution in [0.25, 0.3) is 10.9 Å². The van der Waals surface area contributed by atoms with Crippen molar-refractivity contribution in [1.82, 2.24) is 10.0 Å². The summed E-state index contributed by atoms with van der Waals surface area (Å²) >= 11 is 0. The lowest BCUT2D eigenvalue weighted by Gasteiger charge is -2.13. The third-order valence-electron chi connectivity index (χ3n) is 4.00. The minimum atomic E-state index is -0.701. The fourth-order valence-corrected chi connectivity index (χ4v) is 2.85. The molecule has 1 aromatic heterocycles. The van der Waals surface area contributed by atoms with Crippen molar-refractivity contribution in [2.45, 2.75) is 6.42 Å². The van der Waals surface area contributed by atoms with Crippen molar-refractivity contribution in [3.63, 3.8) is 0 Å². The van der Waals surface area contributed by atoms with E-state index in [1.165, 1.54) is 12.1 Å². The number of rotatable bonds is 3. The first kappa shape index (κ1) is 15.0. The Balaban J connectivity index is 1.55. The maximum absolute atomic E-state index is 12.3. The second kappa shape index (κ2) is 5.83. The summed E-state index contributed by atoms with van der Waals surface area (Å²) in [4.78, 5) is 46.0. The topological polar surface area (TPSA) is 76.6 Å². The van der Waals surface area contributed by atoms with E-state index in [1.807, 2.05) is 24.3 Å². The average molecular weight is 332 g/mol. The van der Waals surface area contributed by atoms with Crippen LogP contribution in [0.3, 0.4) is 0 Å². The summed E-state index contributed by atoms with van der Waals surface area (Å²) in [7, 11) is 0. The van der Waals surface area contributed by atoms with Crippen molar-refractivity contribution in [2.24, 2.45) is 0 Å². The molecule has 4 rings (SSSR count). The molecule has 0 aliphatic carbocycles. The van der Waals surface area contributed by atoms with Crippen molar-refractivity contribution in [3.05, 3.63) is 77.5 Å². The van der Waals surface area contributed by atoms with Crippen LogP contribution < -0.4 is 0 Å². The molecule has 6 heteroatoms. The molecule has 25 heavy (non-hydrogen) atoms. The molecule has 3 aromatic rings. The largest absolute Gasteiger partial charge is 0.337 e. The predicted molar refractivity (Wildman–Crippen MR) is 88.5 cm³/mol. The number of hydroxylamine groups is 2. The zero-order valence-electron chi connectivity index (χ0n) is 13.0. The zero-order chi connectivity index (χ0) is 17.4. The van der Waals surface area contributed by atoms with Crippen molar-refractivity contribution >= 4 is 28.7 Å². The summed E-state index contributed by atoms with van der Waals surface area (Å²) in [5.41, 5.74) is 1.81. The first-order valence-electron chi connectivity index (χ1n) is 7.66. The summed E-state index contributed by atoms with van der Waals surface area (Å²) in [6, 6.07) is 15.5. The van der Waals surface area contributed by atoms with Gasteiger partial charge in [-0.15, -0.1) is 0 Å². The number of benzene rings is 2. The van der Waals surface area contributed by atoms with Crippen molar-refractivity contribution in [3.8, 4) is 0 Å². The average Bonchev–Trinajstić information content (AvgIpc) is 2.87. The van der Waals surface area contributed by atoms with Gasteiger partial charge in [0.2, 0.25) is 0 Å². The Morgan fingerprint density at radius 3 is 2.32 bits per heavy atom. The normalized spacial score (nSPS) is 13.2. The molecular weight excluding hydrogens is 320 g/mol. The number of nitrogens with zero attached hydrogens (tertiary/aromatic N) is 2. The molecule has 2 aromatic carbocycles. The Hall–Kier alpha value is -3.54. The van der Waals surface area contributed by atoms with E-state index in [4.69, 9.17) is 4.84 Å². The summed E-state index contributed by atoms with van der Waals surface area (Å²) in [6.45, 7) is 0. The summed E-state index contributed by atoms with van der Waals surface area (Å²) < 4.78 is 0. The van der Waals surface area contributed by atoms with Crippen LogP contribution in [0.5, 0.6) is 0 Å². The quantitative estimate of drug-likeness (QED) is 0.689. The maximum Gasteiger partial charge on any atom is 0.337 e. The number of imide groups is 1. The minimum absolute atomic E-state index is 0.0955. The predicted octanol–water partition coefficient (Wildman–Crippen LogP) is 2.53. The highest BCUT2D eigenvalue weighted by molar-refractivity contribution is 6.20. The number of hydrogen-bond acceptors (Lipinski definition) is 5. The molecule has 122 valence electrons. The third kappa shape index (κ3) is 2.53. The van der Waals surface area contributed by atoms with Gasteiger partial charge in [-0.3, -0.25) is 14.6 Å². The van der Waals surface area contributed by atoms with Crippen LogP contribution in [0, 0.1) is 0 Å². The van der Waals surface area contributed by atoms with Gasteiger partial charge in [0.05, 0.1) is 23.1 Å². The molecule has 1 aliphatic rings. The molecule has 2 heterocycles. The molecule has 0 saturated carbocycles. The second-order valence-electron chi connectivity index (χ2n) is 5.58. The second-order valence-corrected chi connectivity index (χ2v) is 5.58. The summed E-state index contributed by atoms with van der Waals surface area (Å²) in [5, 5.41) is 1.42. The van der Waals surface area contributed by atoms with E-state index in [2.05, 4.69) is 4.98 Å². The summed E-state index contributed by atoms with van der Waals surface area (Å²) in [6.07, 6.45) is 1.54. The van der Waals surface area contributed by atoms with Gasteiger partial charge < -0.3 is 4.84 Å². The van der Waals surface area contributed by atoms with Gasteiger partial charge in [-0.25, -0.2) is 4.79 Å². The van der Waals surface area contributed by atoms with Crippen LogP contribution >= 0.6 is 0 Å². The minimum Gasteiger partial charge on any atom is -0.329 e. The van der Waals surface area contributed by atoms with E-state index in [0.29, 0.717) is 16.1 Å². The Bertz CT molecular complexity index is 988. The molecule has 0 fully saturated rings. The molecule has 0 atom stereocenters. The van der Waals surface area contributed by atoms with Crippen LogP contribution in [0.1, 0.15) is 26.3 Å². The monoisotopic (exact) mass is 332 g/mol. The number of amides is 2. The molecule has 6 nitrogen and oxygen atoms in total. The molecule has 0 saturated heterocycles. The fourth-order valence-electron chi connectivity index (χ4n) is 2.85. The van der Waals surface area contributed by atoms with Crippen LogP contribution in [-0.4, -0.2) is 27.8 Å². The molecule has 0 bridgehead atoms. The highest BCUT2D eigenvalue weighted by atomic mass is 16.7. The van der Waals surface area contributed by atoms with Crippen LogP contribution in [0.4, 0.5) is 0 Å². The fraction of sp³-hybridized carbons (Fsp3) is 0.0526. The Morgan fingerprint density at radius 2 is 1.60 bits per heavy atom. The lowest BCUT2D eigenvalue weighted by Crippen LogP contribution is -2.33. The molecular formula is C19H12N2O4. The molecule has 0 N–H and O–H groups in total. The molecule has 0 radical (unpaired) electrons. The number of para-hydroxylation sites is 1. The van der Waals surface area contributed by atoms with Gasteiger partial charge in [0, 0.05) is 11.6 Å². The van der Waals surface area contributed by atoms with Crippen molar-refractivity contribution < 1.29 is 19.2 Å². The standard InChI is InChI=1S/C19H12N2O4/c22-16(11-13-6-3-5-12-7-4-10-20-17(12)13)25-21-18(23)14-8-1-2-9-15(14)19(21)24/h1-10H,11H2. The van der Waals surface area contributed by atoms with Gasteiger partial charge >= 0.3 is 5.97 Å². The van der Waals surface area contributed by atoms with E-state index in [0.717, 1.165) is 5.39 Å². The van der Waals surface area contributed by atoms with E-state index in [1.54, 1.807) is 24.4 Å². The first-order valence-corrected chi connectivity index (χ1v) is 7.66. The first-order chi connectivity index (χ1) is 12.1. The van der Waals surface area contributed by atoms with Gasteiger partial charge in [0.15, 0.2) is 0 Å². The molecule has 0 unspecified atom stereocenters. The van der Waals surface area contributed by atoms with Crippen LogP contribution in [0.15, 0.2) is 60.8 Å². The maximum atomic E-state index is 12.3. The third-order valence-corrected chi connectivity index (χ3v) is 4.00. The van der Waals surface area contributed by atoms with Gasteiger partial charge in [0.25, 0.3) is 11.8 Å². The van der Waals surface area contributed by atoms with Gasteiger partial charge in [-0.05, 0) is 23.8 Å². The SMILES string of the molecule is O=C(Cc1cccc2cccnc12)ON1C(=O)c2ccccc2C1=O. The number of carbonyl (C=O) groups excluding carboxylic acids is 3. The molecule has 1 aliphatic heterocycles. The number of fused-ring (bicyclic) bond motifs is 2. The lowest BCUT2D eigenvalue weighted by atomic mass is 10.1. The highest BCUT2D eigenvalue weighted by Gasteiger charge is 2.38. The molecule has 0 spiro atoms. The Morgan fingerprint density at radius 1 is 0.920 bits per heavy atom. The number of hydrogen-bond donors (Lipinski definition) is 0. The van der Waals surface area contributed by atoms with E-state index in [9.17, 15) is 14.4 Å². The van der Waals surface area contributed by atoms with Crippen LogP contribution in [-0.2, 0) is 16.1 Å². The number of aromatic nitrogens is 1. The smallest absolute Gasteiger partial charge is 0.329 e. The highest BCUT2D eigenvalue weighted by Crippen LogP contribution is 2.23. The lowest BCUT2D eigenvalue weighted by molar-refractivity contribution is -0.167. The van der Waals surface area contributed by atoms with Crippen molar-refractivity contribution in [2.75, 3.05) is 0 Å². The van der Waals surface area contributed by atoms with E-state index >= 15 is 0 Å². The zero-order valence-corrected chi connectivity index (χ0v) is 13.0. The Kier molecular flexibility index (Phi) is 3.50. The van der Waals surface area contributed by atoms with Gasteiger partial charge in [-0.1, -0.05) is 41.5 Å². The van der Waals surface area contributed by atoms with Gasteiger partial charge in [0.1, 0.15) is 0 Å². The van der Waals surface area contributed by atoms with Crippen molar-refractivity contribution in [1.29, 1.82) is 0 Å². The van der Waals surface area contributed by atoms with E-state index < -0.39 is 17.8 Å². The van der Waals surface area contributed by atoms with Gasteiger partial charge in [-0.2, -0.15) is 0 Å². The number of carbonyl (C=O) groups is 3. The Labute approximate surface area is 142 Å². The van der Waals surface area contributed by atoms with Crippen LogP contribution in [0.2, 0.25) is 0 Å². The molecule has 2 amide bonds. The summed E-state index contributed by atoms with van der Waals surface area (Å²) in [5.74, 6) is -1.97.